The van der Waals surface area contributed by atoms with Gasteiger partial charge in [0.1, 0.15) is 10.9 Å². The maximum Gasteiger partial charge on any atom is 0.273 e. The molecule has 0 saturated heterocycles. The average Bonchev–Trinajstić information content (AvgIpc) is 3.28. The molecule has 4 rings (SSSR count). The molecule has 0 aliphatic carbocycles. The topological polar surface area (TPSA) is 144 Å². The van der Waals surface area contributed by atoms with Gasteiger partial charge in [0.2, 0.25) is 5.91 Å². The summed E-state index contributed by atoms with van der Waals surface area (Å²) in [6.45, 7) is 4.07. The number of nitrogens with zero attached hydrogens (tertiary/aromatic N) is 3. The second-order valence-electron chi connectivity index (χ2n) is 8.49. The predicted octanol–water partition coefficient (Wildman–Crippen LogP) is 3.54. The van der Waals surface area contributed by atoms with Crippen LogP contribution in [0.1, 0.15) is 48.5 Å². The van der Waals surface area contributed by atoms with Crippen LogP contribution in [0.5, 0.6) is 0 Å². The number of hydrogen-bond donors (Lipinski definition) is 3. The van der Waals surface area contributed by atoms with Crippen LogP contribution in [-0.2, 0) is 11.3 Å². The molecular weight excluding hydrogens is 488 g/mol. The third-order valence-electron chi connectivity index (χ3n) is 5.82. The third kappa shape index (κ3) is 5.49. The van der Waals surface area contributed by atoms with E-state index in [1.165, 1.54) is 4.90 Å². The normalized spacial score (nSPS) is 11.5. The molecule has 2 aromatic carbocycles. The van der Waals surface area contributed by atoms with Gasteiger partial charge in [-0.25, -0.2) is 0 Å². The zero-order valence-corrected chi connectivity index (χ0v) is 21.2. The number of carbonyl (C=O) groups is 3. The number of hydrogen-bond acceptors (Lipinski definition) is 7. The van der Waals surface area contributed by atoms with Crippen molar-refractivity contribution in [2.24, 2.45) is 5.73 Å². The monoisotopic (exact) mass is 514 g/mol. The van der Waals surface area contributed by atoms with Crippen LogP contribution in [0.15, 0.2) is 73.1 Å². The van der Waals surface area contributed by atoms with Gasteiger partial charge in [-0.15, -0.1) is 0 Å². The maximum absolute atomic E-state index is 14.1. The SMILES string of the molecule is Cc1ccc(N(C(=O)c2snc(C(N)=O)c2N)[C@@H](C(=O)NCc2ccccc2)c2ccncc2)c(C)c1. The highest BCUT2D eigenvalue weighted by atomic mass is 32.1. The molecule has 0 unspecified atom stereocenters. The van der Waals surface area contributed by atoms with Gasteiger partial charge in [0.25, 0.3) is 11.8 Å². The molecule has 37 heavy (non-hydrogen) atoms. The van der Waals surface area contributed by atoms with E-state index in [2.05, 4.69) is 14.7 Å². The van der Waals surface area contributed by atoms with Gasteiger partial charge in [0.15, 0.2) is 5.69 Å². The van der Waals surface area contributed by atoms with Crippen molar-refractivity contribution in [1.82, 2.24) is 14.7 Å². The van der Waals surface area contributed by atoms with Crippen molar-refractivity contribution < 1.29 is 14.4 Å². The van der Waals surface area contributed by atoms with Crippen LogP contribution in [0.3, 0.4) is 0 Å². The zero-order valence-electron chi connectivity index (χ0n) is 20.3. The fourth-order valence-corrected chi connectivity index (χ4v) is 4.77. The minimum atomic E-state index is -1.07. The lowest BCUT2D eigenvalue weighted by Gasteiger charge is -2.32. The molecule has 0 radical (unpaired) electrons. The summed E-state index contributed by atoms with van der Waals surface area (Å²) in [5.41, 5.74) is 15.0. The number of anilines is 2. The number of pyridine rings is 1. The molecule has 0 aliphatic rings. The van der Waals surface area contributed by atoms with E-state index < -0.39 is 23.8 Å². The van der Waals surface area contributed by atoms with Crippen LogP contribution in [0.2, 0.25) is 0 Å². The van der Waals surface area contributed by atoms with E-state index >= 15 is 0 Å². The molecule has 1 atom stereocenters. The Balaban J connectivity index is 1.84. The summed E-state index contributed by atoms with van der Waals surface area (Å²) in [5.74, 6) is -1.81. The molecule has 10 heteroatoms. The average molecular weight is 515 g/mol. The van der Waals surface area contributed by atoms with E-state index in [1.807, 2.05) is 56.3 Å². The summed E-state index contributed by atoms with van der Waals surface area (Å²) in [6, 6.07) is 17.3. The Morgan fingerprint density at radius 1 is 1.03 bits per heavy atom. The summed E-state index contributed by atoms with van der Waals surface area (Å²) in [6.07, 6.45) is 3.12. The van der Waals surface area contributed by atoms with Crippen LogP contribution < -0.4 is 21.7 Å². The highest BCUT2D eigenvalue weighted by Gasteiger charge is 2.36. The molecule has 0 fully saturated rings. The third-order valence-corrected chi connectivity index (χ3v) is 6.68. The number of primary amides is 1. The van der Waals surface area contributed by atoms with Crippen molar-refractivity contribution in [3.8, 4) is 0 Å². The van der Waals surface area contributed by atoms with E-state index in [-0.39, 0.29) is 22.8 Å². The fourth-order valence-electron chi connectivity index (χ4n) is 4.03. The minimum Gasteiger partial charge on any atom is -0.395 e. The lowest BCUT2D eigenvalue weighted by atomic mass is 10.0. The number of carbonyl (C=O) groups excluding carboxylic acids is 3. The van der Waals surface area contributed by atoms with E-state index in [0.29, 0.717) is 11.3 Å². The molecular formula is C27H26N6O3S. The lowest BCUT2D eigenvalue weighted by Crippen LogP contribution is -2.44. The smallest absolute Gasteiger partial charge is 0.273 e. The van der Waals surface area contributed by atoms with Crippen LogP contribution >= 0.6 is 11.5 Å². The van der Waals surface area contributed by atoms with Crippen molar-refractivity contribution in [2.75, 3.05) is 10.6 Å². The first-order valence-electron chi connectivity index (χ1n) is 11.4. The Morgan fingerprint density at radius 2 is 1.73 bits per heavy atom. The lowest BCUT2D eigenvalue weighted by molar-refractivity contribution is -0.122. The van der Waals surface area contributed by atoms with Gasteiger partial charge >= 0.3 is 0 Å². The molecule has 3 amide bonds. The van der Waals surface area contributed by atoms with Crippen molar-refractivity contribution >= 4 is 40.6 Å². The first kappa shape index (κ1) is 25.5. The number of nitrogen functional groups attached to an aromatic ring is 1. The van der Waals surface area contributed by atoms with Gasteiger partial charge in [-0.05, 0) is 60.3 Å². The van der Waals surface area contributed by atoms with Crippen LogP contribution in [0.4, 0.5) is 11.4 Å². The Kier molecular flexibility index (Phi) is 7.59. The van der Waals surface area contributed by atoms with Gasteiger partial charge in [0.05, 0.1) is 5.69 Å². The van der Waals surface area contributed by atoms with Crippen molar-refractivity contribution in [1.29, 1.82) is 0 Å². The molecule has 2 heterocycles. The van der Waals surface area contributed by atoms with Crippen LogP contribution in [0, 0.1) is 13.8 Å². The van der Waals surface area contributed by atoms with E-state index in [9.17, 15) is 14.4 Å². The van der Waals surface area contributed by atoms with Gasteiger partial charge in [-0.1, -0.05) is 48.0 Å². The molecule has 4 aromatic rings. The Labute approximate surface area is 218 Å². The van der Waals surface area contributed by atoms with Gasteiger partial charge in [-0.2, -0.15) is 4.37 Å². The number of nitrogens with two attached hydrogens (primary N) is 2. The molecule has 9 nitrogen and oxygen atoms in total. The highest BCUT2D eigenvalue weighted by Crippen LogP contribution is 2.35. The number of aromatic nitrogens is 2. The summed E-state index contributed by atoms with van der Waals surface area (Å²) in [4.78, 5) is 45.1. The highest BCUT2D eigenvalue weighted by molar-refractivity contribution is 7.09. The quantitative estimate of drug-likeness (QED) is 0.328. The van der Waals surface area contributed by atoms with E-state index in [4.69, 9.17) is 11.5 Å². The number of nitrogens with one attached hydrogen (secondary N) is 1. The van der Waals surface area contributed by atoms with Crippen LogP contribution in [-0.4, -0.2) is 27.1 Å². The maximum atomic E-state index is 14.1. The molecule has 0 spiro atoms. The molecule has 0 saturated carbocycles. The van der Waals surface area contributed by atoms with Gasteiger partial charge in [-0.3, -0.25) is 24.3 Å². The summed E-state index contributed by atoms with van der Waals surface area (Å²) in [5, 5.41) is 2.95. The predicted molar refractivity (Wildman–Crippen MR) is 143 cm³/mol. The molecule has 0 bridgehead atoms. The minimum absolute atomic E-state index is 0.0173. The standard InChI is InChI=1S/C27H26N6O3S/c1-16-8-9-20(17(2)14-16)33(27(36)24-21(28)22(25(29)34)32-37-24)23(19-10-12-30-13-11-19)26(35)31-15-18-6-4-3-5-7-18/h3-14,23H,15,28H2,1-2H3,(H2,29,34)(H,31,35)/t23-/m1/s1. The summed E-state index contributed by atoms with van der Waals surface area (Å²) in [7, 11) is 0. The Morgan fingerprint density at radius 3 is 2.35 bits per heavy atom. The zero-order chi connectivity index (χ0) is 26.5. The molecule has 0 aliphatic heterocycles. The number of benzene rings is 2. The number of aryl methyl sites for hydroxylation is 2. The Hall–Kier alpha value is -4.57. The first-order valence-corrected chi connectivity index (χ1v) is 12.2. The molecule has 2 aromatic heterocycles. The van der Waals surface area contributed by atoms with E-state index in [0.717, 1.165) is 28.2 Å². The van der Waals surface area contributed by atoms with Crippen molar-refractivity contribution in [2.45, 2.75) is 26.4 Å². The summed E-state index contributed by atoms with van der Waals surface area (Å²) < 4.78 is 3.99. The number of amides is 3. The van der Waals surface area contributed by atoms with Crippen molar-refractivity contribution in [3.05, 3.63) is 106 Å². The Bertz CT molecular complexity index is 1440. The molecule has 5 N–H and O–H groups in total. The largest absolute Gasteiger partial charge is 0.395 e. The van der Waals surface area contributed by atoms with Gasteiger partial charge in [0, 0.05) is 24.6 Å². The fraction of sp³-hybridized carbons (Fsp3) is 0.148. The second-order valence-corrected chi connectivity index (χ2v) is 9.26. The van der Waals surface area contributed by atoms with Crippen molar-refractivity contribution in [3.63, 3.8) is 0 Å². The number of rotatable bonds is 8. The van der Waals surface area contributed by atoms with Crippen LogP contribution in [0.25, 0.3) is 0 Å². The first-order chi connectivity index (χ1) is 17.8. The van der Waals surface area contributed by atoms with E-state index in [1.54, 1.807) is 30.6 Å². The second kappa shape index (κ2) is 11.0. The van der Waals surface area contributed by atoms with Gasteiger partial charge < -0.3 is 16.8 Å². The summed E-state index contributed by atoms with van der Waals surface area (Å²) >= 11 is 0.768. The molecule has 188 valence electrons.